The Labute approximate surface area is 377 Å². The zero-order valence-electron chi connectivity index (χ0n) is 39.0. The maximum absolute atomic E-state index is 10.2. The van der Waals surface area contributed by atoms with Crippen molar-refractivity contribution in [3.8, 4) is 79.4 Å². The molecule has 8 rings (SSSR count). The Morgan fingerprint density at radius 2 is 0.750 bits per heavy atom. The number of rotatable bonds is 10. The summed E-state index contributed by atoms with van der Waals surface area (Å²) >= 11 is 0. The highest BCUT2D eigenvalue weighted by Gasteiger charge is 2.21. The number of aromatic amines is 1. The number of anilines is 4. The molecule has 0 fully saturated rings. The number of imidazole rings is 1. The lowest BCUT2D eigenvalue weighted by Crippen LogP contribution is -2.08. The predicted octanol–water partition coefficient (Wildman–Crippen LogP) is 12.0. The molecule has 0 atom stereocenters. The number of nitrogens with zero attached hydrogens (tertiary/aromatic N) is 6. The molecule has 2 aromatic heterocycles. The van der Waals surface area contributed by atoms with E-state index in [0.717, 1.165) is 107 Å². The highest BCUT2D eigenvalue weighted by Crippen LogP contribution is 2.39. The predicted molar refractivity (Wildman–Crippen MR) is 267 cm³/mol. The van der Waals surface area contributed by atoms with Crippen molar-refractivity contribution in [2.75, 3.05) is 76.0 Å². The van der Waals surface area contributed by atoms with Gasteiger partial charge >= 0.3 is 0 Å². The Morgan fingerprint density at radius 1 is 0.406 bits per heavy atom. The molecular weight excluding hydrogens is 795 g/mol. The van der Waals surface area contributed by atoms with Gasteiger partial charge in [0.15, 0.2) is 5.76 Å². The van der Waals surface area contributed by atoms with Crippen LogP contribution in [0.15, 0.2) is 126 Å². The third-order valence-electron chi connectivity index (χ3n) is 11.5. The average Bonchev–Trinajstić information content (AvgIpc) is 3.94. The van der Waals surface area contributed by atoms with Gasteiger partial charge in [0.2, 0.25) is 5.89 Å². The molecule has 0 saturated heterocycles. The van der Waals surface area contributed by atoms with Crippen LogP contribution in [0.4, 0.5) is 22.7 Å². The van der Waals surface area contributed by atoms with Crippen LogP contribution in [-0.4, -0.2) is 81.5 Å². The maximum Gasteiger partial charge on any atom is 0.227 e. The van der Waals surface area contributed by atoms with Crippen LogP contribution in [0.5, 0.6) is 11.5 Å². The number of oxazole rings is 1. The fraction of sp³-hybridized carbons (Fsp3) is 0.222. The third-order valence-corrected chi connectivity index (χ3v) is 11.5. The summed E-state index contributed by atoms with van der Waals surface area (Å²) < 4.78 is 6.35. The van der Waals surface area contributed by atoms with E-state index < -0.39 is 0 Å². The number of phenolic OH excluding ortho intramolecular Hbond substituents is 2. The van der Waals surface area contributed by atoms with Gasteiger partial charge in [0.25, 0.3) is 0 Å². The highest BCUT2D eigenvalue weighted by atomic mass is 16.4. The minimum absolute atomic E-state index is 0.305. The fourth-order valence-corrected chi connectivity index (χ4v) is 7.61. The number of aromatic nitrogens is 3. The molecule has 0 radical (unpaired) electrons. The lowest BCUT2D eigenvalue weighted by atomic mass is 10.0. The monoisotopic (exact) mass is 853 g/mol. The van der Waals surface area contributed by atoms with Gasteiger partial charge < -0.3 is 39.2 Å². The molecular formula is C54H59N7O3. The summed E-state index contributed by atoms with van der Waals surface area (Å²) in [5, 5.41) is 20.4. The summed E-state index contributed by atoms with van der Waals surface area (Å²) in [7, 11) is 16.2. The zero-order chi connectivity index (χ0) is 46.0. The minimum Gasteiger partial charge on any atom is -0.507 e. The molecule has 0 aliphatic heterocycles. The van der Waals surface area contributed by atoms with Crippen LogP contribution in [0.2, 0.25) is 0 Å². The van der Waals surface area contributed by atoms with Crippen molar-refractivity contribution in [2.45, 2.75) is 27.7 Å². The molecule has 2 heterocycles. The van der Waals surface area contributed by atoms with Gasteiger partial charge in [0.05, 0.1) is 11.4 Å². The fourth-order valence-electron chi connectivity index (χ4n) is 7.61. The normalized spacial score (nSPS) is 10.9. The van der Waals surface area contributed by atoms with E-state index in [1.807, 2.05) is 108 Å². The summed E-state index contributed by atoms with van der Waals surface area (Å²) in [5.74, 6) is 2.69. The van der Waals surface area contributed by atoms with E-state index in [-0.39, 0.29) is 0 Å². The van der Waals surface area contributed by atoms with E-state index in [4.69, 9.17) is 14.4 Å². The van der Waals surface area contributed by atoms with Gasteiger partial charge in [-0.25, -0.2) is 9.97 Å². The van der Waals surface area contributed by atoms with E-state index >= 15 is 0 Å². The third kappa shape index (κ3) is 9.46. The Kier molecular flexibility index (Phi) is 12.9. The Hall–Kier alpha value is -7.46. The molecule has 10 heteroatoms. The van der Waals surface area contributed by atoms with Gasteiger partial charge in [-0.05, 0) is 135 Å². The number of phenols is 2. The van der Waals surface area contributed by atoms with E-state index in [1.165, 1.54) is 0 Å². The summed E-state index contributed by atoms with van der Waals surface area (Å²) in [6.45, 7) is 7.60. The first kappa shape index (κ1) is 44.6. The second-order valence-corrected chi connectivity index (χ2v) is 17.2. The number of hydrogen-bond donors (Lipinski definition) is 3. The second-order valence-electron chi connectivity index (χ2n) is 17.2. The van der Waals surface area contributed by atoms with Gasteiger partial charge in [-0.2, -0.15) is 0 Å². The van der Waals surface area contributed by atoms with E-state index in [0.29, 0.717) is 17.4 Å². The SMILES string of the molecule is Cc1cc(-c2nc(-c3ccc(N(C)C)cc3)c(-c3ccc(N(C)C)cc3)[nH]2)cc(C)c1O.Cc1cc(-c2nc(-c3ccc(N(C)C)cc3)c(-c3ccc(N(C)C)cc3)o2)cc(C)c1O. The standard InChI is InChI=1S/C27H30N4O.C27H29N3O2/c1-17-15-21(16-18(2)26(17)32)27-28-24(19-7-11-22(12-8-19)30(3)4)25(29-27)20-9-13-23(14-10-20)31(5)6;1-17-15-21(16-18(2)25(17)31)27-28-24(19-7-11-22(12-8-19)29(3)4)26(32-27)20-9-13-23(14-10-20)30(5)6/h7-16,32H,1-6H3,(H,28,29);7-16,31H,1-6H3. The van der Waals surface area contributed by atoms with Crippen LogP contribution in [0.1, 0.15) is 22.3 Å². The Bertz CT molecular complexity index is 2490. The molecule has 64 heavy (non-hydrogen) atoms. The average molecular weight is 854 g/mol. The number of aromatic hydroxyl groups is 2. The first-order valence-electron chi connectivity index (χ1n) is 21.3. The molecule has 8 aromatic rings. The van der Waals surface area contributed by atoms with Crippen LogP contribution < -0.4 is 19.6 Å². The van der Waals surface area contributed by atoms with Gasteiger partial charge in [-0.15, -0.1) is 0 Å². The van der Waals surface area contributed by atoms with Gasteiger partial charge in [0.1, 0.15) is 23.0 Å². The molecule has 10 nitrogen and oxygen atoms in total. The second kappa shape index (κ2) is 18.5. The van der Waals surface area contributed by atoms with E-state index in [1.54, 1.807) is 0 Å². The van der Waals surface area contributed by atoms with Crippen LogP contribution >= 0.6 is 0 Å². The summed E-state index contributed by atoms with van der Waals surface area (Å²) in [6.07, 6.45) is 0. The van der Waals surface area contributed by atoms with E-state index in [2.05, 4.69) is 122 Å². The number of H-pyrrole nitrogens is 1. The van der Waals surface area contributed by atoms with Gasteiger partial charge in [-0.3, -0.25) is 0 Å². The quantitative estimate of drug-likeness (QED) is 0.124. The van der Waals surface area contributed by atoms with Crippen molar-refractivity contribution in [3.05, 3.63) is 144 Å². The summed E-state index contributed by atoms with van der Waals surface area (Å²) in [4.78, 5) is 21.8. The lowest BCUT2D eigenvalue weighted by molar-refractivity contribution is 0.466. The van der Waals surface area contributed by atoms with Crippen molar-refractivity contribution in [3.63, 3.8) is 0 Å². The molecule has 0 unspecified atom stereocenters. The molecule has 0 aliphatic rings. The van der Waals surface area contributed by atoms with Crippen molar-refractivity contribution in [1.29, 1.82) is 0 Å². The first-order chi connectivity index (χ1) is 30.5. The molecule has 0 bridgehead atoms. The highest BCUT2D eigenvalue weighted by molar-refractivity contribution is 5.83. The van der Waals surface area contributed by atoms with Crippen LogP contribution in [0.25, 0.3) is 67.9 Å². The van der Waals surface area contributed by atoms with Crippen LogP contribution in [0.3, 0.4) is 0 Å². The van der Waals surface area contributed by atoms with Crippen molar-refractivity contribution in [1.82, 2.24) is 15.0 Å². The molecule has 6 aromatic carbocycles. The van der Waals surface area contributed by atoms with Crippen LogP contribution in [-0.2, 0) is 0 Å². The molecule has 0 aliphatic carbocycles. The number of hydrogen-bond acceptors (Lipinski definition) is 9. The molecule has 3 N–H and O–H groups in total. The van der Waals surface area contributed by atoms with E-state index in [9.17, 15) is 10.2 Å². The van der Waals surface area contributed by atoms with Gasteiger partial charge in [-0.1, -0.05) is 36.4 Å². The zero-order valence-corrected chi connectivity index (χ0v) is 39.0. The number of nitrogens with one attached hydrogen (secondary N) is 1. The Morgan fingerprint density at radius 3 is 1.14 bits per heavy atom. The molecule has 0 spiro atoms. The number of benzene rings is 6. The van der Waals surface area contributed by atoms with Crippen molar-refractivity contribution in [2.24, 2.45) is 0 Å². The smallest absolute Gasteiger partial charge is 0.227 e. The van der Waals surface area contributed by atoms with Crippen LogP contribution in [0, 0.1) is 27.7 Å². The van der Waals surface area contributed by atoms with Crippen molar-refractivity contribution < 1.29 is 14.6 Å². The van der Waals surface area contributed by atoms with Gasteiger partial charge in [0, 0.05) is 113 Å². The minimum atomic E-state index is 0.305. The molecule has 0 amide bonds. The number of aryl methyl sites for hydroxylation is 4. The molecule has 0 saturated carbocycles. The largest absolute Gasteiger partial charge is 0.507 e. The van der Waals surface area contributed by atoms with Crippen molar-refractivity contribution >= 4 is 22.7 Å². The first-order valence-corrected chi connectivity index (χ1v) is 21.3. The maximum atomic E-state index is 10.2. The lowest BCUT2D eigenvalue weighted by Gasteiger charge is -2.13. The topological polar surface area (TPSA) is 108 Å². The molecule has 328 valence electrons. The Balaban J connectivity index is 0.000000191. The summed E-state index contributed by atoms with van der Waals surface area (Å²) in [5.41, 5.74) is 16.4. The summed E-state index contributed by atoms with van der Waals surface area (Å²) in [6, 6.07) is 41.2.